The topological polar surface area (TPSA) is 56.3 Å². The Kier molecular flexibility index (Phi) is 4.56. The number of anilines is 1. The third kappa shape index (κ3) is 3.29. The van der Waals surface area contributed by atoms with Crippen LogP contribution in [0.15, 0.2) is 10.8 Å². The van der Waals surface area contributed by atoms with Crippen LogP contribution in [0.3, 0.4) is 0 Å². The minimum atomic E-state index is 0.194. The lowest BCUT2D eigenvalue weighted by Gasteiger charge is -2.13. The SMILES string of the molecule is CCNc1ncnc(OCC2CCCO2)c1Br. The fourth-order valence-corrected chi connectivity index (χ4v) is 2.15. The zero-order valence-electron chi connectivity index (χ0n) is 9.78. The first kappa shape index (κ1) is 12.6. The minimum absolute atomic E-state index is 0.194. The first-order chi connectivity index (χ1) is 8.31. The Hall–Kier alpha value is -0.880. The van der Waals surface area contributed by atoms with E-state index in [-0.39, 0.29) is 6.10 Å². The number of hydrogen-bond donors (Lipinski definition) is 1. The van der Waals surface area contributed by atoms with Gasteiger partial charge in [0.05, 0.1) is 6.10 Å². The number of hydrogen-bond acceptors (Lipinski definition) is 5. The van der Waals surface area contributed by atoms with Crippen LogP contribution in [0.5, 0.6) is 5.88 Å². The van der Waals surface area contributed by atoms with Crippen LogP contribution in [-0.4, -0.2) is 35.8 Å². The van der Waals surface area contributed by atoms with Crippen molar-refractivity contribution in [2.24, 2.45) is 0 Å². The van der Waals surface area contributed by atoms with Gasteiger partial charge in [-0.05, 0) is 35.7 Å². The molecule has 0 saturated carbocycles. The highest BCUT2D eigenvalue weighted by molar-refractivity contribution is 9.10. The fraction of sp³-hybridized carbons (Fsp3) is 0.636. The Morgan fingerprint density at radius 1 is 1.59 bits per heavy atom. The summed E-state index contributed by atoms with van der Waals surface area (Å²) in [6, 6.07) is 0. The molecule has 1 fully saturated rings. The van der Waals surface area contributed by atoms with Gasteiger partial charge in [0.15, 0.2) is 0 Å². The van der Waals surface area contributed by atoms with Crippen LogP contribution in [0, 0.1) is 0 Å². The van der Waals surface area contributed by atoms with Gasteiger partial charge in [0, 0.05) is 13.2 Å². The summed E-state index contributed by atoms with van der Waals surface area (Å²) in [6.07, 6.45) is 3.86. The summed E-state index contributed by atoms with van der Waals surface area (Å²) < 4.78 is 11.9. The fourth-order valence-electron chi connectivity index (χ4n) is 1.69. The highest BCUT2D eigenvalue weighted by atomic mass is 79.9. The summed E-state index contributed by atoms with van der Waals surface area (Å²) in [5.41, 5.74) is 0. The van der Waals surface area contributed by atoms with Gasteiger partial charge in [0.2, 0.25) is 5.88 Å². The maximum Gasteiger partial charge on any atom is 0.233 e. The zero-order chi connectivity index (χ0) is 12.1. The van der Waals surface area contributed by atoms with E-state index in [2.05, 4.69) is 31.2 Å². The van der Waals surface area contributed by atoms with Crippen molar-refractivity contribution in [3.05, 3.63) is 10.8 Å². The second-order valence-corrected chi connectivity index (χ2v) is 4.61. The largest absolute Gasteiger partial charge is 0.474 e. The lowest BCUT2D eigenvalue weighted by atomic mass is 10.2. The molecule has 1 aliphatic rings. The Balaban J connectivity index is 1.97. The summed E-state index contributed by atoms with van der Waals surface area (Å²) in [7, 11) is 0. The van der Waals surface area contributed by atoms with E-state index in [0.29, 0.717) is 12.5 Å². The van der Waals surface area contributed by atoms with Crippen molar-refractivity contribution in [3.8, 4) is 5.88 Å². The molecule has 2 heterocycles. The van der Waals surface area contributed by atoms with Crippen LogP contribution in [0.25, 0.3) is 0 Å². The average molecular weight is 302 g/mol. The molecule has 5 nitrogen and oxygen atoms in total. The van der Waals surface area contributed by atoms with E-state index in [1.807, 2.05) is 6.92 Å². The average Bonchev–Trinajstić information content (AvgIpc) is 2.83. The quantitative estimate of drug-likeness (QED) is 0.904. The van der Waals surface area contributed by atoms with E-state index < -0.39 is 0 Å². The molecule has 1 saturated heterocycles. The second kappa shape index (κ2) is 6.16. The van der Waals surface area contributed by atoms with Gasteiger partial charge >= 0.3 is 0 Å². The predicted octanol–water partition coefficient (Wildman–Crippen LogP) is 2.23. The van der Waals surface area contributed by atoms with Crippen molar-refractivity contribution in [2.75, 3.05) is 25.1 Å². The monoisotopic (exact) mass is 301 g/mol. The van der Waals surface area contributed by atoms with Crippen LogP contribution < -0.4 is 10.1 Å². The number of aromatic nitrogens is 2. The normalized spacial score (nSPS) is 19.3. The Morgan fingerprint density at radius 2 is 2.47 bits per heavy atom. The molecular weight excluding hydrogens is 286 g/mol. The third-order valence-corrected chi connectivity index (χ3v) is 3.25. The summed E-state index contributed by atoms with van der Waals surface area (Å²) >= 11 is 3.44. The molecule has 94 valence electrons. The minimum Gasteiger partial charge on any atom is -0.474 e. The van der Waals surface area contributed by atoms with Gasteiger partial charge in [-0.3, -0.25) is 0 Å². The Bertz CT molecular complexity index is 370. The molecule has 0 amide bonds. The molecule has 2 rings (SSSR count). The van der Waals surface area contributed by atoms with Gasteiger partial charge < -0.3 is 14.8 Å². The van der Waals surface area contributed by atoms with Crippen molar-refractivity contribution >= 4 is 21.7 Å². The highest BCUT2D eigenvalue weighted by Crippen LogP contribution is 2.28. The van der Waals surface area contributed by atoms with Gasteiger partial charge in [-0.25, -0.2) is 9.97 Å². The van der Waals surface area contributed by atoms with Crippen molar-refractivity contribution in [2.45, 2.75) is 25.9 Å². The first-order valence-electron chi connectivity index (χ1n) is 5.80. The van der Waals surface area contributed by atoms with Crippen molar-refractivity contribution in [1.82, 2.24) is 9.97 Å². The van der Waals surface area contributed by atoms with E-state index in [9.17, 15) is 0 Å². The van der Waals surface area contributed by atoms with E-state index in [1.54, 1.807) is 0 Å². The summed E-state index contributed by atoms with van der Waals surface area (Å²) in [5.74, 6) is 1.32. The van der Waals surface area contributed by atoms with Crippen molar-refractivity contribution in [1.29, 1.82) is 0 Å². The van der Waals surface area contributed by atoms with E-state index >= 15 is 0 Å². The summed E-state index contributed by atoms with van der Waals surface area (Å²) in [5, 5.41) is 3.13. The van der Waals surface area contributed by atoms with Gasteiger partial charge in [0.1, 0.15) is 23.2 Å². The number of nitrogens with one attached hydrogen (secondary N) is 1. The summed E-state index contributed by atoms with van der Waals surface area (Å²) in [4.78, 5) is 8.23. The number of rotatable bonds is 5. The highest BCUT2D eigenvalue weighted by Gasteiger charge is 2.17. The third-order valence-electron chi connectivity index (χ3n) is 2.53. The molecule has 0 radical (unpaired) electrons. The lowest BCUT2D eigenvalue weighted by molar-refractivity contribution is 0.0660. The predicted molar refractivity (Wildman–Crippen MR) is 68.4 cm³/mol. The van der Waals surface area contributed by atoms with Gasteiger partial charge in [-0.2, -0.15) is 0 Å². The van der Waals surface area contributed by atoms with Crippen LogP contribution in [0.2, 0.25) is 0 Å². The number of halogens is 1. The Labute approximate surface area is 109 Å². The van der Waals surface area contributed by atoms with E-state index in [4.69, 9.17) is 9.47 Å². The Morgan fingerprint density at radius 3 is 3.18 bits per heavy atom. The van der Waals surface area contributed by atoms with Crippen LogP contribution >= 0.6 is 15.9 Å². The maximum atomic E-state index is 5.64. The van der Waals surface area contributed by atoms with Gasteiger partial charge in [0.25, 0.3) is 0 Å². The number of nitrogens with zero attached hydrogens (tertiary/aromatic N) is 2. The van der Waals surface area contributed by atoms with Crippen LogP contribution in [-0.2, 0) is 4.74 Å². The molecule has 6 heteroatoms. The smallest absolute Gasteiger partial charge is 0.233 e. The molecule has 1 aliphatic heterocycles. The molecule has 1 aromatic rings. The molecule has 1 unspecified atom stereocenters. The van der Waals surface area contributed by atoms with Crippen LogP contribution in [0.4, 0.5) is 5.82 Å². The molecule has 1 N–H and O–H groups in total. The van der Waals surface area contributed by atoms with E-state index in [0.717, 1.165) is 36.3 Å². The van der Waals surface area contributed by atoms with Gasteiger partial charge in [-0.15, -0.1) is 0 Å². The molecule has 1 aromatic heterocycles. The molecule has 0 aliphatic carbocycles. The zero-order valence-corrected chi connectivity index (χ0v) is 11.4. The van der Waals surface area contributed by atoms with Crippen molar-refractivity contribution < 1.29 is 9.47 Å². The molecular formula is C11H16BrN3O2. The molecule has 0 spiro atoms. The van der Waals surface area contributed by atoms with E-state index in [1.165, 1.54) is 6.33 Å². The standard InChI is InChI=1S/C11H16BrN3O2/c1-2-13-10-9(12)11(15-7-14-10)17-6-8-4-3-5-16-8/h7-8H,2-6H2,1H3,(H,13,14,15). The maximum absolute atomic E-state index is 5.64. The molecule has 0 bridgehead atoms. The molecule has 17 heavy (non-hydrogen) atoms. The van der Waals surface area contributed by atoms with Gasteiger partial charge in [-0.1, -0.05) is 0 Å². The van der Waals surface area contributed by atoms with Crippen LogP contribution in [0.1, 0.15) is 19.8 Å². The summed E-state index contributed by atoms with van der Waals surface area (Å²) in [6.45, 7) is 4.20. The lowest BCUT2D eigenvalue weighted by Crippen LogP contribution is -2.17. The first-order valence-corrected chi connectivity index (χ1v) is 6.59. The molecule has 1 atom stereocenters. The molecule has 0 aromatic carbocycles. The number of ether oxygens (including phenoxy) is 2. The second-order valence-electron chi connectivity index (χ2n) is 3.82. The van der Waals surface area contributed by atoms with Crippen molar-refractivity contribution in [3.63, 3.8) is 0 Å².